The molecule has 0 atom stereocenters. The number of benzene rings is 1. The topological polar surface area (TPSA) is 17.1 Å². The summed E-state index contributed by atoms with van der Waals surface area (Å²) in [5.74, 6) is -0.0752. The van der Waals surface area contributed by atoms with Gasteiger partial charge in [0.2, 0.25) is 3.79 Å². The molecule has 6 heteroatoms. The molecule has 15 heavy (non-hydrogen) atoms. The van der Waals surface area contributed by atoms with E-state index in [2.05, 4.69) is 12.6 Å². The molecule has 0 fully saturated rings. The van der Waals surface area contributed by atoms with Crippen LogP contribution in [0, 0.1) is 0 Å². The maximum absolute atomic E-state index is 11.1. The molecule has 0 spiro atoms. The summed E-state index contributed by atoms with van der Waals surface area (Å²) in [5, 5.41) is 0. The minimum atomic E-state index is -1.55. The fourth-order valence-electron chi connectivity index (χ4n) is 0.982. The Bertz CT molecular complexity index is 376. The van der Waals surface area contributed by atoms with Crippen molar-refractivity contribution in [3.63, 3.8) is 0 Å². The summed E-state index contributed by atoms with van der Waals surface area (Å²) in [7, 11) is 0. The fraction of sp³-hybridized carbons (Fsp3) is 0.222. The van der Waals surface area contributed by atoms with E-state index < -0.39 is 3.79 Å². The van der Waals surface area contributed by atoms with Gasteiger partial charge in [0, 0.05) is 16.0 Å². The van der Waals surface area contributed by atoms with Crippen LogP contribution in [0.2, 0.25) is 0 Å². The van der Waals surface area contributed by atoms with Gasteiger partial charge in [-0.15, -0.1) is 12.6 Å². The van der Waals surface area contributed by atoms with Crippen LogP contribution < -0.4 is 0 Å². The van der Waals surface area contributed by atoms with E-state index in [1.165, 1.54) is 13.0 Å². The number of carbonyl (C=O) groups excluding carboxylic acids is 1. The van der Waals surface area contributed by atoms with Crippen LogP contribution in [-0.4, -0.2) is 35.3 Å². The summed E-state index contributed by atoms with van der Waals surface area (Å²) >= 11 is 21.3. The molecule has 0 radical (unpaired) electrons. The van der Waals surface area contributed by atoms with Gasteiger partial charge >= 0.3 is 29.6 Å². The number of hydrogen-bond donors (Lipinski definition) is 1. The van der Waals surface area contributed by atoms with Gasteiger partial charge in [-0.3, -0.25) is 4.79 Å². The van der Waals surface area contributed by atoms with Crippen LogP contribution in [0.15, 0.2) is 23.1 Å². The molecule has 0 saturated carbocycles. The number of alkyl halides is 3. The van der Waals surface area contributed by atoms with Gasteiger partial charge in [-0.1, -0.05) is 40.9 Å². The molecular weight excluding hydrogens is 286 g/mol. The normalized spacial score (nSPS) is 10.7. The minimum absolute atomic E-state index is 0. The second-order valence-electron chi connectivity index (χ2n) is 2.79. The molecule has 1 rings (SSSR count). The van der Waals surface area contributed by atoms with Crippen LogP contribution in [0.4, 0.5) is 0 Å². The molecule has 0 saturated heterocycles. The number of thiol groups is 1. The Balaban J connectivity index is 0.00000196. The predicted octanol–water partition coefficient (Wildman–Crippen LogP) is 3.36. The Labute approximate surface area is 131 Å². The third-order valence-corrected chi connectivity index (χ3v) is 2.71. The number of carbonyl (C=O) groups is 1. The Morgan fingerprint density at radius 2 is 1.87 bits per heavy atom. The molecule has 1 aromatic rings. The van der Waals surface area contributed by atoms with Crippen LogP contribution in [0.5, 0.6) is 0 Å². The standard InChI is InChI=1S/C9H7Cl3OS.Na.H/c1-5(13)6-2-3-8(14)7(4-6)9(10,11)12;;/h2-4,14H,1H3;;. The van der Waals surface area contributed by atoms with Crippen molar-refractivity contribution < 1.29 is 4.79 Å². The summed E-state index contributed by atoms with van der Waals surface area (Å²) < 4.78 is -1.55. The first kappa shape index (κ1) is 16.1. The third kappa shape index (κ3) is 4.47. The molecule has 0 aromatic heterocycles. The molecule has 78 valence electrons. The first-order valence-corrected chi connectivity index (χ1v) is 5.31. The Kier molecular flexibility index (Phi) is 6.61. The molecule has 1 nitrogen and oxygen atoms in total. The molecule has 0 aliphatic carbocycles. The molecule has 0 aliphatic rings. The van der Waals surface area contributed by atoms with Crippen LogP contribution in [0.3, 0.4) is 0 Å². The third-order valence-electron chi connectivity index (χ3n) is 1.71. The number of Topliss-reactive ketones (excluding diaryl/α,β-unsaturated/α-hetero) is 1. The summed E-state index contributed by atoms with van der Waals surface area (Å²) in [4.78, 5) is 11.6. The molecule has 0 aliphatic heterocycles. The maximum atomic E-state index is 11.1. The Morgan fingerprint density at radius 3 is 2.27 bits per heavy atom. The zero-order valence-corrected chi connectivity index (χ0v) is 10.4. The molecule has 1 aromatic carbocycles. The molecule has 0 N–H and O–H groups in total. The van der Waals surface area contributed by atoms with Crippen LogP contribution in [-0.2, 0) is 3.79 Å². The van der Waals surface area contributed by atoms with E-state index in [0.29, 0.717) is 16.0 Å². The van der Waals surface area contributed by atoms with Crippen LogP contribution in [0.25, 0.3) is 0 Å². The van der Waals surface area contributed by atoms with Gasteiger partial charge < -0.3 is 0 Å². The predicted molar refractivity (Wildman–Crippen MR) is 70.1 cm³/mol. The van der Waals surface area contributed by atoms with Gasteiger partial charge in [0.05, 0.1) is 0 Å². The van der Waals surface area contributed by atoms with Crippen molar-refractivity contribution in [2.24, 2.45) is 0 Å². The van der Waals surface area contributed by atoms with E-state index in [4.69, 9.17) is 34.8 Å². The average Bonchev–Trinajstić information content (AvgIpc) is 2.02. The molecule has 0 unspecified atom stereocenters. The first-order valence-electron chi connectivity index (χ1n) is 3.73. The van der Waals surface area contributed by atoms with Crippen molar-refractivity contribution in [1.29, 1.82) is 0 Å². The van der Waals surface area contributed by atoms with Crippen molar-refractivity contribution in [2.45, 2.75) is 15.6 Å². The molecule has 0 amide bonds. The van der Waals surface area contributed by atoms with Gasteiger partial charge in [0.25, 0.3) is 0 Å². The van der Waals surface area contributed by atoms with E-state index >= 15 is 0 Å². The van der Waals surface area contributed by atoms with Gasteiger partial charge in [0.1, 0.15) is 0 Å². The van der Waals surface area contributed by atoms with E-state index in [-0.39, 0.29) is 35.3 Å². The van der Waals surface area contributed by atoms with Crippen LogP contribution >= 0.6 is 47.4 Å². The Hall–Kier alpha value is 1.11. The van der Waals surface area contributed by atoms with E-state index in [1.54, 1.807) is 12.1 Å². The van der Waals surface area contributed by atoms with Gasteiger partial charge in [0.15, 0.2) is 5.78 Å². The summed E-state index contributed by atoms with van der Waals surface area (Å²) in [6.07, 6.45) is 0. The van der Waals surface area contributed by atoms with Crippen molar-refractivity contribution in [2.75, 3.05) is 0 Å². The number of ketones is 1. The van der Waals surface area contributed by atoms with Crippen molar-refractivity contribution in [3.05, 3.63) is 29.3 Å². The van der Waals surface area contributed by atoms with Crippen LogP contribution in [0.1, 0.15) is 22.8 Å². The second kappa shape index (κ2) is 6.15. The molecule has 0 heterocycles. The van der Waals surface area contributed by atoms with Gasteiger partial charge in [-0.2, -0.15) is 0 Å². The van der Waals surface area contributed by atoms with E-state index in [0.717, 1.165) is 0 Å². The number of rotatable bonds is 1. The molecular formula is C9H8Cl3NaOS. The SMILES string of the molecule is CC(=O)c1ccc(S)c(C(Cl)(Cl)Cl)c1.[NaH]. The first-order chi connectivity index (χ1) is 6.32. The van der Waals surface area contributed by atoms with E-state index in [9.17, 15) is 4.79 Å². The quantitative estimate of drug-likeness (QED) is 0.364. The zero-order chi connectivity index (χ0) is 10.9. The van der Waals surface area contributed by atoms with E-state index in [1.807, 2.05) is 0 Å². The summed E-state index contributed by atoms with van der Waals surface area (Å²) in [6, 6.07) is 4.82. The van der Waals surface area contributed by atoms with Gasteiger partial charge in [-0.25, -0.2) is 0 Å². The average molecular weight is 294 g/mol. The van der Waals surface area contributed by atoms with Crippen molar-refractivity contribution >= 4 is 82.8 Å². The second-order valence-corrected chi connectivity index (χ2v) is 5.55. The molecule has 0 bridgehead atoms. The van der Waals surface area contributed by atoms with Gasteiger partial charge in [-0.05, 0) is 19.1 Å². The number of hydrogen-bond acceptors (Lipinski definition) is 2. The van der Waals surface area contributed by atoms with Crippen molar-refractivity contribution in [3.8, 4) is 0 Å². The van der Waals surface area contributed by atoms with Crippen molar-refractivity contribution in [1.82, 2.24) is 0 Å². The fourth-order valence-corrected chi connectivity index (χ4v) is 1.96. The summed E-state index contributed by atoms with van der Waals surface area (Å²) in [6.45, 7) is 1.45. The zero-order valence-electron chi connectivity index (χ0n) is 7.22. The summed E-state index contributed by atoms with van der Waals surface area (Å²) in [5.41, 5.74) is 0.919. The number of halogens is 3. The Morgan fingerprint density at radius 1 is 1.33 bits per heavy atom. The monoisotopic (exact) mass is 292 g/mol.